The predicted molar refractivity (Wildman–Crippen MR) is 65.1 cm³/mol. The molecule has 0 amide bonds. The van der Waals surface area contributed by atoms with E-state index in [0.717, 1.165) is 11.3 Å². The number of alkyl halides is 3. The molecule has 108 valence electrons. The van der Waals surface area contributed by atoms with Crippen molar-refractivity contribution in [1.82, 2.24) is 4.98 Å². The van der Waals surface area contributed by atoms with Crippen LogP contribution in [0.4, 0.5) is 13.2 Å². The van der Waals surface area contributed by atoms with Gasteiger partial charge in [0, 0.05) is 17.2 Å². The van der Waals surface area contributed by atoms with Crippen molar-refractivity contribution in [2.45, 2.75) is 44.3 Å². The standard InChI is InChI=1S/C11H15F3N2O2S/c1-9(2,3)6-5-19-7(16-6)4-10(15,8(17)18)11(12,13)14/h5H,4,15H2,1-3H3,(H,17,18). The molecule has 1 aromatic heterocycles. The molecular formula is C11H15F3N2O2S. The molecule has 0 bridgehead atoms. The largest absolute Gasteiger partial charge is 0.480 e. The highest BCUT2D eigenvalue weighted by molar-refractivity contribution is 7.09. The number of nitrogens with zero attached hydrogens (tertiary/aromatic N) is 1. The molecule has 0 aliphatic carbocycles. The number of carbonyl (C=O) groups is 1. The zero-order chi connectivity index (χ0) is 15.1. The fourth-order valence-corrected chi connectivity index (χ4v) is 2.39. The first-order valence-corrected chi connectivity index (χ1v) is 6.30. The van der Waals surface area contributed by atoms with Crippen molar-refractivity contribution in [3.8, 4) is 0 Å². The molecule has 0 saturated heterocycles. The van der Waals surface area contributed by atoms with E-state index in [9.17, 15) is 18.0 Å². The molecular weight excluding hydrogens is 281 g/mol. The highest BCUT2D eigenvalue weighted by atomic mass is 32.1. The number of carboxylic acid groups (broad SMARTS) is 1. The maximum atomic E-state index is 12.8. The monoisotopic (exact) mass is 296 g/mol. The van der Waals surface area contributed by atoms with E-state index in [1.54, 1.807) is 5.38 Å². The molecule has 1 heterocycles. The van der Waals surface area contributed by atoms with E-state index in [2.05, 4.69) is 4.98 Å². The van der Waals surface area contributed by atoms with Crippen molar-refractivity contribution in [2.75, 3.05) is 0 Å². The molecule has 0 radical (unpaired) electrons. The number of nitrogens with two attached hydrogens (primary N) is 1. The fraction of sp³-hybridized carbons (Fsp3) is 0.636. The summed E-state index contributed by atoms with van der Waals surface area (Å²) in [7, 11) is 0. The van der Waals surface area contributed by atoms with Crippen LogP contribution < -0.4 is 5.73 Å². The number of halogens is 3. The first kappa shape index (κ1) is 15.9. The highest BCUT2D eigenvalue weighted by Gasteiger charge is 2.58. The Labute approximate surface area is 112 Å². The third-order valence-corrected chi connectivity index (χ3v) is 3.49. The number of carboxylic acids is 1. The molecule has 19 heavy (non-hydrogen) atoms. The zero-order valence-corrected chi connectivity index (χ0v) is 11.5. The van der Waals surface area contributed by atoms with Crippen molar-refractivity contribution in [3.63, 3.8) is 0 Å². The molecule has 0 aromatic carbocycles. The Morgan fingerprint density at radius 3 is 2.26 bits per heavy atom. The summed E-state index contributed by atoms with van der Waals surface area (Å²) >= 11 is 0.982. The molecule has 1 aromatic rings. The van der Waals surface area contributed by atoms with Gasteiger partial charge in [0.15, 0.2) is 0 Å². The summed E-state index contributed by atoms with van der Waals surface area (Å²) in [5.74, 6) is -2.10. The van der Waals surface area contributed by atoms with Gasteiger partial charge in [0.2, 0.25) is 5.54 Å². The van der Waals surface area contributed by atoms with Gasteiger partial charge >= 0.3 is 12.1 Å². The van der Waals surface area contributed by atoms with Crippen molar-refractivity contribution in [2.24, 2.45) is 5.73 Å². The average molecular weight is 296 g/mol. The summed E-state index contributed by atoms with van der Waals surface area (Å²) < 4.78 is 38.3. The van der Waals surface area contributed by atoms with Crippen LogP contribution in [0.5, 0.6) is 0 Å². The van der Waals surface area contributed by atoms with Gasteiger partial charge in [0.25, 0.3) is 0 Å². The molecule has 1 atom stereocenters. The summed E-state index contributed by atoms with van der Waals surface area (Å²) in [5, 5.41) is 10.4. The minimum atomic E-state index is -5.04. The van der Waals surface area contributed by atoms with Crippen LogP contribution in [0, 0.1) is 0 Å². The Morgan fingerprint density at radius 1 is 1.42 bits per heavy atom. The SMILES string of the molecule is CC(C)(C)c1csc(CC(N)(C(=O)O)C(F)(F)F)n1. The summed E-state index contributed by atoms with van der Waals surface area (Å²) in [5.41, 5.74) is 2.01. The molecule has 1 unspecified atom stereocenters. The second kappa shape index (κ2) is 4.75. The van der Waals surface area contributed by atoms with E-state index < -0.39 is 24.1 Å². The topological polar surface area (TPSA) is 76.2 Å². The zero-order valence-electron chi connectivity index (χ0n) is 10.7. The van der Waals surface area contributed by atoms with Gasteiger partial charge < -0.3 is 10.8 Å². The van der Waals surface area contributed by atoms with Crippen molar-refractivity contribution < 1.29 is 23.1 Å². The summed E-state index contributed by atoms with van der Waals surface area (Å²) in [6.45, 7) is 5.59. The predicted octanol–water partition coefficient (Wildman–Crippen LogP) is 2.33. The van der Waals surface area contributed by atoms with E-state index in [1.807, 2.05) is 20.8 Å². The molecule has 8 heteroatoms. The maximum Gasteiger partial charge on any atom is 0.417 e. The Bertz CT molecular complexity index is 479. The van der Waals surface area contributed by atoms with Crippen LogP contribution in [0.1, 0.15) is 31.5 Å². The lowest BCUT2D eigenvalue weighted by molar-refractivity contribution is -0.201. The number of hydrogen-bond acceptors (Lipinski definition) is 4. The van der Waals surface area contributed by atoms with Crippen LogP contribution in [0.2, 0.25) is 0 Å². The first-order valence-electron chi connectivity index (χ1n) is 5.42. The van der Waals surface area contributed by atoms with E-state index in [0.29, 0.717) is 5.69 Å². The lowest BCUT2D eigenvalue weighted by Crippen LogP contribution is -2.61. The maximum absolute atomic E-state index is 12.8. The molecule has 3 N–H and O–H groups in total. The molecule has 0 aliphatic rings. The van der Waals surface area contributed by atoms with E-state index in [1.165, 1.54) is 0 Å². The van der Waals surface area contributed by atoms with Gasteiger partial charge in [-0.3, -0.25) is 0 Å². The number of rotatable bonds is 3. The van der Waals surface area contributed by atoms with E-state index in [-0.39, 0.29) is 10.4 Å². The minimum Gasteiger partial charge on any atom is -0.480 e. The third-order valence-electron chi connectivity index (χ3n) is 2.64. The van der Waals surface area contributed by atoms with Crippen LogP contribution in [0.25, 0.3) is 0 Å². The van der Waals surface area contributed by atoms with Crippen molar-refractivity contribution in [3.05, 3.63) is 16.1 Å². The van der Waals surface area contributed by atoms with E-state index in [4.69, 9.17) is 10.8 Å². The molecule has 1 rings (SSSR count). The Morgan fingerprint density at radius 2 is 1.95 bits per heavy atom. The smallest absolute Gasteiger partial charge is 0.417 e. The lowest BCUT2D eigenvalue weighted by Gasteiger charge is -2.26. The van der Waals surface area contributed by atoms with Crippen LogP contribution in [-0.4, -0.2) is 27.8 Å². The first-order chi connectivity index (χ1) is 8.38. The van der Waals surface area contributed by atoms with Crippen LogP contribution in [0.15, 0.2) is 5.38 Å². The quantitative estimate of drug-likeness (QED) is 0.897. The molecule has 0 aliphatic heterocycles. The van der Waals surface area contributed by atoms with Gasteiger partial charge in [-0.2, -0.15) is 13.2 Å². The van der Waals surface area contributed by atoms with Gasteiger partial charge in [-0.25, -0.2) is 9.78 Å². The molecule has 4 nitrogen and oxygen atoms in total. The van der Waals surface area contributed by atoms with Gasteiger partial charge in [0.1, 0.15) is 0 Å². The second-order valence-corrected chi connectivity index (χ2v) is 6.27. The Hall–Kier alpha value is -1.15. The fourth-order valence-electron chi connectivity index (χ4n) is 1.27. The molecule has 0 spiro atoms. The summed E-state index contributed by atoms with van der Waals surface area (Å²) in [6, 6.07) is 0. The van der Waals surface area contributed by atoms with Crippen LogP contribution in [-0.2, 0) is 16.6 Å². The lowest BCUT2D eigenvalue weighted by atomic mass is 9.93. The van der Waals surface area contributed by atoms with Gasteiger partial charge in [-0.1, -0.05) is 20.8 Å². The normalized spacial score (nSPS) is 16.2. The van der Waals surface area contributed by atoms with Gasteiger partial charge in [-0.05, 0) is 0 Å². The average Bonchev–Trinajstić information content (AvgIpc) is 2.63. The minimum absolute atomic E-state index is 0.0622. The van der Waals surface area contributed by atoms with Crippen molar-refractivity contribution >= 4 is 17.3 Å². The van der Waals surface area contributed by atoms with Crippen molar-refractivity contribution in [1.29, 1.82) is 0 Å². The van der Waals surface area contributed by atoms with Gasteiger partial charge in [-0.15, -0.1) is 11.3 Å². The highest BCUT2D eigenvalue weighted by Crippen LogP contribution is 2.33. The van der Waals surface area contributed by atoms with Crippen LogP contribution >= 0.6 is 11.3 Å². The van der Waals surface area contributed by atoms with E-state index >= 15 is 0 Å². The number of thiazole rings is 1. The van der Waals surface area contributed by atoms with Crippen LogP contribution in [0.3, 0.4) is 0 Å². The summed E-state index contributed by atoms with van der Waals surface area (Å²) in [4.78, 5) is 14.8. The number of aromatic nitrogens is 1. The number of aliphatic carboxylic acids is 1. The van der Waals surface area contributed by atoms with Gasteiger partial charge in [0.05, 0.1) is 10.7 Å². The Kier molecular flexibility index (Phi) is 3.98. The molecule has 0 fully saturated rings. The molecule has 0 saturated carbocycles. The second-order valence-electron chi connectivity index (χ2n) is 5.33. The third kappa shape index (κ3) is 3.24. The Balaban J connectivity index is 3.06. The summed E-state index contributed by atoms with van der Waals surface area (Å²) in [6.07, 6.45) is -5.90. The number of hydrogen-bond donors (Lipinski definition) is 2.